The zero-order valence-corrected chi connectivity index (χ0v) is 9.90. The summed E-state index contributed by atoms with van der Waals surface area (Å²) in [5.74, 6) is -0.259. The van der Waals surface area contributed by atoms with Crippen molar-refractivity contribution < 1.29 is 9.72 Å². The van der Waals surface area contributed by atoms with E-state index >= 15 is 0 Å². The van der Waals surface area contributed by atoms with Gasteiger partial charge in [-0.2, -0.15) is 0 Å². The summed E-state index contributed by atoms with van der Waals surface area (Å²) in [7, 11) is 0. The second kappa shape index (κ2) is 5.60. The number of nitrogens with two attached hydrogens (primary N) is 1. The molecule has 1 aromatic rings. The Labute approximate surface area is 103 Å². The molecule has 0 aliphatic carbocycles. The molecule has 0 heterocycles. The van der Waals surface area contributed by atoms with Crippen LogP contribution in [0, 0.1) is 10.1 Å². The van der Waals surface area contributed by atoms with Crippen molar-refractivity contribution in [3.63, 3.8) is 0 Å². The van der Waals surface area contributed by atoms with Crippen LogP contribution in [0.25, 0.3) is 0 Å². The number of nitro groups is 1. The molecule has 0 saturated carbocycles. The van der Waals surface area contributed by atoms with Gasteiger partial charge in [0.25, 0.3) is 5.69 Å². The van der Waals surface area contributed by atoms with E-state index < -0.39 is 4.92 Å². The van der Waals surface area contributed by atoms with Gasteiger partial charge in [0.15, 0.2) is 0 Å². The van der Waals surface area contributed by atoms with Gasteiger partial charge in [-0.3, -0.25) is 14.9 Å². The smallest absolute Gasteiger partial charge is 0.288 e. The highest BCUT2D eigenvalue weighted by atomic mass is 35.5. The van der Waals surface area contributed by atoms with Gasteiger partial charge in [0.1, 0.15) is 5.02 Å². The first-order valence-electron chi connectivity index (χ1n) is 4.89. The molecular formula is C10H12ClN3O3. The minimum atomic E-state index is -0.587. The van der Waals surface area contributed by atoms with Gasteiger partial charge in [0.2, 0.25) is 5.91 Å². The first-order valence-corrected chi connectivity index (χ1v) is 5.27. The number of carbonyl (C=O) groups excluding carboxylic acids is 1. The summed E-state index contributed by atoms with van der Waals surface area (Å²) in [6.07, 6.45) is 0.175. The van der Waals surface area contributed by atoms with Gasteiger partial charge in [-0.05, 0) is 19.1 Å². The summed E-state index contributed by atoms with van der Waals surface area (Å²) < 4.78 is 0. The summed E-state index contributed by atoms with van der Waals surface area (Å²) >= 11 is 5.70. The van der Waals surface area contributed by atoms with Gasteiger partial charge in [-0.15, -0.1) is 0 Å². The normalized spacial score (nSPS) is 11.9. The molecule has 1 unspecified atom stereocenters. The largest absolute Gasteiger partial charge is 0.327 e. The first-order chi connectivity index (χ1) is 7.90. The van der Waals surface area contributed by atoms with Crippen LogP contribution in [0.3, 0.4) is 0 Å². The lowest BCUT2D eigenvalue weighted by atomic mass is 10.2. The molecule has 0 aliphatic rings. The van der Waals surface area contributed by atoms with E-state index in [1.165, 1.54) is 18.2 Å². The first kappa shape index (κ1) is 13.4. The topological polar surface area (TPSA) is 98.3 Å². The predicted molar refractivity (Wildman–Crippen MR) is 65.0 cm³/mol. The number of halogens is 1. The molecule has 1 amide bonds. The minimum absolute atomic E-state index is 0.0198. The maximum Gasteiger partial charge on any atom is 0.288 e. The second-order valence-corrected chi connectivity index (χ2v) is 4.06. The van der Waals surface area contributed by atoms with Crippen LogP contribution < -0.4 is 11.1 Å². The van der Waals surface area contributed by atoms with E-state index in [0.717, 1.165) is 0 Å². The van der Waals surface area contributed by atoms with E-state index in [0.29, 0.717) is 5.69 Å². The quantitative estimate of drug-likeness (QED) is 0.636. The Kier molecular flexibility index (Phi) is 4.42. The Morgan fingerprint density at radius 3 is 2.76 bits per heavy atom. The lowest BCUT2D eigenvalue weighted by Gasteiger charge is -2.07. The Morgan fingerprint density at radius 2 is 2.29 bits per heavy atom. The van der Waals surface area contributed by atoms with Crippen molar-refractivity contribution >= 4 is 28.9 Å². The molecule has 17 heavy (non-hydrogen) atoms. The Bertz CT molecular complexity index is 448. The summed E-state index contributed by atoms with van der Waals surface area (Å²) in [5.41, 5.74) is 5.68. The molecule has 0 fully saturated rings. The van der Waals surface area contributed by atoms with Gasteiger partial charge >= 0.3 is 0 Å². The van der Waals surface area contributed by atoms with Gasteiger partial charge < -0.3 is 11.1 Å². The van der Waals surface area contributed by atoms with E-state index in [-0.39, 0.29) is 29.1 Å². The van der Waals surface area contributed by atoms with Crippen molar-refractivity contribution in [2.45, 2.75) is 19.4 Å². The fraction of sp³-hybridized carbons (Fsp3) is 0.300. The van der Waals surface area contributed by atoms with Crippen molar-refractivity contribution in [2.24, 2.45) is 5.73 Å². The van der Waals surface area contributed by atoms with E-state index in [4.69, 9.17) is 17.3 Å². The molecule has 0 aliphatic heterocycles. The number of nitrogens with one attached hydrogen (secondary N) is 1. The highest BCUT2D eigenvalue weighted by Gasteiger charge is 2.13. The Hall–Kier alpha value is -1.66. The standard InChI is InChI=1S/C10H12ClN3O3/c1-6(12)4-10(15)13-7-2-3-9(14(16)17)8(11)5-7/h2-3,5-6H,4,12H2,1H3,(H,13,15). The molecule has 0 saturated heterocycles. The molecule has 3 N–H and O–H groups in total. The number of anilines is 1. The molecule has 0 radical (unpaired) electrons. The lowest BCUT2D eigenvalue weighted by Crippen LogP contribution is -2.23. The van der Waals surface area contributed by atoms with Crippen molar-refractivity contribution in [1.29, 1.82) is 0 Å². The van der Waals surface area contributed by atoms with Crippen LogP contribution in [-0.4, -0.2) is 16.9 Å². The van der Waals surface area contributed by atoms with E-state index in [1.54, 1.807) is 6.92 Å². The van der Waals surface area contributed by atoms with E-state index in [9.17, 15) is 14.9 Å². The number of benzene rings is 1. The maximum atomic E-state index is 11.4. The fourth-order valence-electron chi connectivity index (χ4n) is 1.24. The van der Waals surface area contributed by atoms with Crippen molar-refractivity contribution in [3.8, 4) is 0 Å². The Morgan fingerprint density at radius 1 is 1.65 bits per heavy atom. The summed E-state index contributed by atoms with van der Waals surface area (Å²) in [4.78, 5) is 21.3. The highest BCUT2D eigenvalue weighted by Crippen LogP contribution is 2.27. The molecule has 0 spiro atoms. The third-order valence-corrected chi connectivity index (χ3v) is 2.24. The highest BCUT2D eigenvalue weighted by molar-refractivity contribution is 6.33. The van der Waals surface area contributed by atoms with Gasteiger partial charge in [-0.25, -0.2) is 0 Å². The molecule has 1 rings (SSSR count). The lowest BCUT2D eigenvalue weighted by molar-refractivity contribution is -0.384. The van der Waals surface area contributed by atoms with Crippen LogP contribution >= 0.6 is 11.6 Å². The second-order valence-electron chi connectivity index (χ2n) is 3.65. The van der Waals surface area contributed by atoms with Crippen LogP contribution in [0.15, 0.2) is 18.2 Å². The van der Waals surface area contributed by atoms with E-state index in [1.807, 2.05) is 0 Å². The number of carbonyl (C=O) groups is 1. The van der Waals surface area contributed by atoms with E-state index in [2.05, 4.69) is 5.32 Å². The number of rotatable bonds is 4. The van der Waals surface area contributed by atoms with Crippen LogP contribution in [0.2, 0.25) is 5.02 Å². The monoisotopic (exact) mass is 257 g/mol. The molecule has 7 heteroatoms. The number of amides is 1. The molecule has 1 atom stereocenters. The van der Waals surface area contributed by atoms with Gasteiger partial charge in [0.05, 0.1) is 4.92 Å². The van der Waals surface area contributed by atoms with Crippen LogP contribution in [0.1, 0.15) is 13.3 Å². The number of hydrogen-bond acceptors (Lipinski definition) is 4. The zero-order valence-electron chi connectivity index (χ0n) is 9.14. The average molecular weight is 258 g/mol. The van der Waals surface area contributed by atoms with Gasteiger partial charge in [-0.1, -0.05) is 11.6 Å². The third-order valence-electron chi connectivity index (χ3n) is 1.94. The van der Waals surface area contributed by atoms with Crippen LogP contribution in [0.5, 0.6) is 0 Å². The fourth-order valence-corrected chi connectivity index (χ4v) is 1.49. The number of hydrogen-bond donors (Lipinski definition) is 2. The molecule has 0 bridgehead atoms. The molecule has 6 nitrogen and oxygen atoms in total. The van der Waals surface area contributed by atoms with Crippen molar-refractivity contribution in [2.75, 3.05) is 5.32 Å². The summed E-state index contributed by atoms with van der Waals surface area (Å²) in [5, 5.41) is 13.1. The van der Waals surface area contributed by atoms with Gasteiger partial charge in [0, 0.05) is 24.2 Å². The zero-order chi connectivity index (χ0) is 13.0. The third kappa shape index (κ3) is 4.01. The molecule has 1 aromatic carbocycles. The Balaban J connectivity index is 2.77. The SMILES string of the molecule is CC(N)CC(=O)Nc1ccc([N+](=O)[O-])c(Cl)c1. The van der Waals surface area contributed by atoms with Crippen LogP contribution in [0.4, 0.5) is 11.4 Å². The maximum absolute atomic E-state index is 11.4. The van der Waals surface area contributed by atoms with Crippen LogP contribution in [-0.2, 0) is 4.79 Å². The minimum Gasteiger partial charge on any atom is -0.327 e. The summed E-state index contributed by atoms with van der Waals surface area (Å²) in [6, 6.07) is 3.75. The van der Waals surface area contributed by atoms with Crippen molar-refractivity contribution in [3.05, 3.63) is 33.3 Å². The molecule has 92 valence electrons. The molecular weight excluding hydrogens is 246 g/mol. The molecule has 0 aromatic heterocycles. The van der Waals surface area contributed by atoms with Crippen molar-refractivity contribution in [1.82, 2.24) is 0 Å². The predicted octanol–water partition coefficient (Wildman–Crippen LogP) is 1.92. The summed E-state index contributed by atoms with van der Waals surface area (Å²) in [6.45, 7) is 1.71. The number of nitrogens with zero attached hydrogens (tertiary/aromatic N) is 1. The average Bonchev–Trinajstić information content (AvgIpc) is 2.15. The number of nitro benzene ring substituents is 1.